The molecule has 1 heterocycles. The Hall–Kier alpha value is -2.01. The molecule has 7 heteroatoms. The number of hydrogen-bond acceptors (Lipinski definition) is 3. The van der Waals surface area contributed by atoms with Gasteiger partial charge in [-0.1, -0.05) is 5.11 Å². The highest BCUT2D eigenvalue weighted by Crippen LogP contribution is 1.92. The third-order valence-corrected chi connectivity index (χ3v) is 2.41. The van der Waals surface area contributed by atoms with E-state index in [1.54, 1.807) is 13.8 Å². The first kappa shape index (κ1) is 12.1. The molecule has 0 spiro atoms. The predicted octanol–water partition coefficient (Wildman–Crippen LogP) is 0.854. The topological polar surface area (TPSA) is 104 Å². The third-order valence-electron chi connectivity index (χ3n) is 2.41. The van der Waals surface area contributed by atoms with E-state index in [1.807, 2.05) is 0 Å². The fourth-order valence-corrected chi connectivity index (χ4v) is 1.29. The molecule has 0 aromatic carbocycles. The van der Waals surface area contributed by atoms with Crippen molar-refractivity contribution >= 4 is 0 Å². The van der Waals surface area contributed by atoms with Gasteiger partial charge in [0.1, 0.15) is 0 Å². The minimum atomic E-state index is -0.263. The first-order chi connectivity index (χ1) is 7.57. The molecule has 0 fully saturated rings. The Morgan fingerprint density at radius 3 is 2.69 bits per heavy atom. The number of aryl methyl sites for hydroxylation is 1. The zero-order chi connectivity index (χ0) is 12.1. The Kier molecular flexibility index (Phi) is 3.90. The monoisotopic (exact) mass is 223 g/mol. The lowest BCUT2D eigenvalue weighted by Gasteiger charge is -2.06. The number of aromatic amines is 1. The molecular formula is C9H13N5O2. The van der Waals surface area contributed by atoms with Gasteiger partial charge in [-0.05, 0) is 25.8 Å². The third kappa shape index (κ3) is 2.52. The number of aromatic nitrogens is 2. The molecule has 0 radical (unpaired) electrons. The zero-order valence-electron chi connectivity index (χ0n) is 9.23. The van der Waals surface area contributed by atoms with E-state index in [4.69, 9.17) is 5.53 Å². The van der Waals surface area contributed by atoms with Crippen LogP contribution in [0.1, 0.15) is 17.5 Å². The van der Waals surface area contributed by atoms with Crippen LogP contribution in [0, 0.1) is 13.8 Å². The number of H-pyrrole nitrogens is 1. The molecule has 7 nitrogen and oxygen atoms in total. The molecule has 1 N–H and O–H groups in total. The van der Waals surface area contributed by atoms with Gasteiger partial charge in [0.15, 0.2) is 0 Å². The SMILES string of the molecule is Cc1c(C)c(=O)n(CCCN=[N+]=[N-])[nH]c1=O. The van der Waals surface area contributed by atoms with Crippen molar-refractivity contribution in [3.8, 4) is 0 Å². The quantitative estimate of drug-likeness (QED) is 0.354. The summed E-state index contributed by atoms with van der Waals surface area (Å²) in [4.78, 5) is 25.7. The Labute approximate surface area is 91.3 Å². The normalized spacial score (nSPS) is 9.88. The van der Waals surface area contributed by atoms with Crippen molar-refractivity contribution in [2.45, 2.75) is 26.8 Å². The van der Waals surface area contributed by atoms with Crippen LogP contribution in [0.25, 0.3) is 10.4 Å². The summed E-state index contributed by atoms with van der Waals surface area (Å²) in [6, 6.07) is 0. The zero-order valence-corrected chi connectivity index (χ0v) is 9.23. The van der Waals surface area contributed by atoms with E-state index in [0.717, 1.165) is 0 Å². The van der Waals surface area contributed by atoms with Crippen molar-refractivity contribution in [1.29, 1.82) is 0 Å². The molecule has 0 aliphatic heterocycles. The molecular weight excluding hydrogens is 210 g/mol. The molecule has 86 valence electrons. The molecule has 0 amide bonds. The second-order valence-electron chi connectivity index (χ2n) is 3.46. The summed E-state index contributed by atoms with van der Waals surface area (Å²) in [7, 11) is 0. The summed E-state index contributed by atoms with van der Waals surface area (Å²) >= 11 is 0. The van der Waals surface area contributed by atoms with E-state index in [1.165, 1.54) is 4.68 Å². The number of nitrogens with zero attached hydrogens (tertiary/aromatic N) is 4. The maximum atomic E-state index is 11.7. The first-order valence-electron chi connectivity index (χ1n) is 4.89. The van der Waals surface area contributed by atoms with Crippen LogP contribution in [0.15, 0.2) is 14.7 Å². The predicted molar refractivity (Wildman–Crippen MR) is 59.4 cm³/mol. The molecule has 16 heavy (non-hydrogen) atoms. The van der Waals surface area contributed by atoms with E-state index >= 15 is 0 Å². The Morgan fingerprint density at radius 2 is 2.06 bits per heavy atom. The Morgan fingerprint density at radius 1 is 1.38 bits per heavy atom. The van der Waals surface area contributed by atoms with Crippen LogP contribution in [0.2, 0.25) is 0 Å². The summed E-state index contributed by atoms with van der Waals surface area (Å²) in [5.74, 6) is 0. The van der Waals surface area contributed by atoms with E-state index in [2.05, 4.69) is 15.1 Å². The molecule has 0 atom stereocenters. The Bertz CT molecular complexity index is 536. The van der Waals surface area contributed by atoms with E-state index in [9.17, 15) is 9.59 Å². The van der Waals surface area contributed by atoms with Gasteiger partial charge < -0.3 is 0 Å². The standard InChI is InChI=1S/C9H13N5O2/c1-6-7(2)9(16)14(12-8(6)15)5-3-4-11-13-10/h3-5H2,1-2H3,(H,12,15). The van der Waals surface area contributed by atoms with Gasteiger partial charge in [0, 0.05) is 29.1 Å². The summed E-state index contributed by atoms with van der Waals surface area (Å²) < 4.78 is 1.25. The van der Waals surface area contributed by atoms with Crippen molar-refractivity contribution < 1.29 is 0 Å². The van der Waals surface area contributed by atoms with Gasteiger partial charge in [0.2, 0.25) is 0 Å². The number of rotatable bonds is 4. The van der Waals surface area contributed by atoms with Crippen molar-refractivity contribution in [1.82, 2.24) is 9.78 Å². The lowest BCUT2D eigenvalue weighted by molar-refractivity contribution is 0.541. The lowest BCUT2D eigenvalue weighted by Crippen LogP contribution is -2.33. The van der Waals surface area contributed by atoms with Crippen molar-refractivity contribution in [3.05, 3.63) is 42.3 Å². The molecule has 0 saturated heterocycles. The lowest BCUT2D eigenvalue weighted by atomic mass is 10.2. The van der Waals surface area contributed by atoms with Gasteiger partial charge in [0.05, 0.1) is 0 Å². The molecule has 0 unspecified atom stereocenters. The maximum absolute atomic E-state index is 11.7. The molecule has 1 rings (SSSR count). The highest BCUT2D eigenvalue weighted by molar-refractivity contribution is 5.17. The van der Waals surface area contributed by atoms with E-state index in [-0.39, 0.29) is 11.1 Å². The summed E-state index contributed by atoms with van der Waals surface area (Å²) in [6.45, 7) is 3.88. The highest BCUT2D eigenvalue weighted by Gasteiger charge is 2.06. The minimum absolute atomic E-state index is 0.210. The maximum Gasteiger partial charge on any atom is 0.268 e. The molecule has 1 aromatic heterocycles. The average molecular weight is 223 g/mol. The molecule has 0 bridgehead atoms. The summed E-state index contributed by atoms with van der Waals surface area (Å²) in [5, 5.41) is 5.83. The molecule has 0 saturated carbocycles. The van der Waals surface area contributed by atoms with Crippen LogP contribution in [-0.4, -0.2) is 16.3 Å². The number of azide groups is 1. The van der Waals surface area contributed by atoms with Crippen molar-refractivity contribution in [3.63, 3.8) is 0 Å². The first-order valence-corrected chi connectivity index (χ1v) is 4.89. The summed E-state index contributed by atoms with van der Waals surface area (Å²) in [6.07, 6.45) is 0.516. The van der Waals surface area contributed by atoms with Gasteiger partial charge in [0.25, 0.3) is 11.1 Å². The van der Waals surface area contributed by atoms with Crippen LogP contribution in [-0.2, 0) is 6.54 Å². The Balaban J connectivity index is 2.94. The largest absolute Gasteiger partial charge is 0.268 e. The van der Waals surface area contributed by atoms with Gasteiger partial charge in [-0.25, -0.2) is 0 Å². The van der Waals surface area contributed by atoms with Gasteiger partial charge in [-0.15, -0.1) is 0 Å². The number of hydrogen-bond donors (Lipinski definition) is 1. The van der Waals surface area contributed by atoms with Gasteiger partial charge >= 0.3 is 0 Å². The van der Waals surface area contributed by atoms with Crippen LogP contribution in [0.5, 0.6) is 0 Å². The van der Waals surface area contributed by atoms with Gasteiger partial charge in [-0.3, -0.25) is 19.4 Å². The smallest absolute Gasteiger partial charge is 0.268 e. The van der Waals surface area contributed by atoms with Crippen molar-refractivity contribution in [2.24, 2.45) is 5.11 Å². The minimum Gasteiger partial charge on any atom is -0.268 e. The van der Waals surface area contributed by atoms with Gasteiger partial charge in [-0.2, -0.15) is 0 Å². The van der Waals surface area contributed by atoms with E-state index < -0.39 is 0 Å². The second-order valence-corrected chi connectivity index (χ2v) is 3.46. The molecule has 0 aliphatic rings. The fourth-order valence-electron chi connectivity index (χ4n) is 1.29. The van der Waals surface area contributed by atoms with Crippen LogP contribution in [0.4, 0.5) is 0 Å². The fraction of sp³-hybridized carbons (Fsp3) is 0.556. The molecule has 0 aliphatic carbocycles. The van der Waals surface area contributed by atoms with Crippen LogP contribution >= 0.6 is 0 Å². The highest BCUT2D eigenvalue weighted by atomic mass is 16.2. The molecule has 1 aromatic rings. The van der Waals surface area contributed by atoms with Crippen molar-refractivity contribution in [2.75, 3.05) is 6.54 Å². The average Bonchev–Trinajstić information content (AvgIpc) is 2.28. The second kappa shape index (κ2) is 5.18. The number of nitrogens with one attached hydrogen (secondary N) is 1. The van der Waals surface area contributed by atoms with Crippen LogP contribution < -0.4 is 11.1 Å². The van der Waals surface area contributed by atoms with E-state index in [0.29, 0.717) is 30.6 Å². The van der Waals surface area contributed by atoms with Crippen LogP contribution in [0.3, 0.4) is 0 Å². The summed E-state index contributed by atoms with van der Waals surface area (Å²) in [5.41, 5.74) is 8.49.